The zero-order valence-corrected chi connectivity index (χ0v) is 17.7. The first-order valence-electron chi connectivity index (χ1n) is 10.6. The van der Waals surface area contributed by atoms with Gasteiger partial charge >= 0.3 is 0 Å². The first kappa shape index (κ1) is 22.1. The largest absolute Gasteiger partial charge is 0.473 e. The van der Waals surface area contributed by atoms with Crippen molar-refractivity contribution in [2.24, 2.45) is 4.99 Å². The SMILES string of the molecule is CN=C(NCCCOCC1CCCO1)NCc1cccnc1OCc1ccccc1. The molecule has 1 fully saturated rings. The van der Waals surface area contributed by atoms with Gasteiger partial charge in [0.1, 0.15) is 6.61 Å². The van der Waals surface area contributed by atoms with Crippen molar-refractivity contribution in [2.75, 3.05) is 33.4 Å². The molecule has 0 amide bonds. The highest BCUT2D eigenvalue weighted by molar-refractivity contribution is 5.79. The predicted octanol–water partition coefficient (Wildman–Crippen LogP) is 2.91. The molecule has 30 heavy (non-hydrogen) atoms. The third-order valence-corrected chi connectivity index (χ3v) is 4.82. The van der Waals surface area contributed by atoms with Crippen LogP contribution in [0.15, 0.2) is 53.7 Å². The average molecular weight is 413 g/mol. The third-order valence-electron chi connectivity index (χ3n) is 4.82. The normalized spacial score (nSPS) is 16.4. The van der Waals surface area contributed by atoms with E-state index in [4.69, 9.17) is 14.2 Å². The molecular weight excluding hydrogens is 380 g/mol. The molecule has 2 heterocycles. The standard InChI is InChI=1S/C23H32N4O3/c1-24-23(26-13-7-14-28-18-21-11-6-15-29-21)27-16-20-10-5-12-25-22(20)30-17-19-8-3-2-4-9-19/h2-5,8-10,12,21H,6-7,11,13-18H2,1H3,(H2,24,26,27). The highest BCUT2D eigenvalue weighted by Gasteiger charge is 2.14. The van der Waals surface area contributed by atoms with Crippen molar-refractivity contribution < 1.29 is 14.2 Å². The zero-order chi connectivity index (χ0) is 20.9. The van der Waals surface area contributed by atoms with E-state index in [9.17, 15) is 0 Å². The topological polar surface area (TPSA) is 77.0 Å². The van der Waals surface area contributed by atoms with E-state index in [1.807, 2.05) is 42.5 Å². The number of ether oxygens (including phenoxy) is 3. The number of aliphatic imine (C=N–C) groups is 1. The summed E-state index contributed by atoms with van der Waals surface area (Å²) in [6, 6.07) is 14.0. The van der Waals surface area contributed by atoms with E-state index in [0.29, 0.717) is 32.2 Å². The number of hydrogen-bond donors (Lipinski definition) is 2. The number of guanidine groups is 1. The van der Waals surface area contributed by atoms with Gasteiger partial charge < -0.3 is 24.8 Å². The van der Waals surface area contributed by atoms with E-state index in [2.05, 4.69) is 20.6 Å². The maximum absolute atomic E-state index is 5.92. The van der Waals surface area contributed by atoms with Gasteiger partial charge in [-0.3, -0.25) is 4.99 Å². The van der Waals surface area contributed by atoms with Crippen LogP contribution in [-0.4, -0.2) is 50.5 Å². The van der Waals surface area contributed by atoms with Crippen LogP contribution in [0.2, 0.25) is 0 Å². The fourth-order valence-corrected chi connectivity index (χ4v) is 3.19. The molecule has 1 aliphatic heterocycles. The molecule has 1 aliphatic rings. The van der Waals surface area contributed by atoms with Gasteiger partial charge in [-0.2, -0.15) is 0 Å². The first-order valence-corrected chi connectivity index (χ1v) is 10.6. The second-order valence-corrected chi connectivity index (χ2v) is 7.16. The van der Waals surface area contributed by atoms with E-state index in [0.717, 1.165) is 49.5 Å². The molecule has 1 aromatic carbocycles. The summed E-state index contributed by atoms with van der Waals surface area (Å²) in [6.07, 6.45) is 5.19. The lowest BCUT2D eigenvalue weighted by atomic mass is 10.2. The number of nitrogens with one attached hydrogen (secondary N) is 2. The quantitative estimate of drug-likeness (QED) is 0.336. The van der Waals surface area contributed by atoms with Crippen LogP contribution >= 0.6 is 0 Å². The van der Waals surface area contributed by atoms with Crippen LogP contribution in [0, 0.1) is 0 Å². The van der Waals surface area contributed by atoms with E-state index >= 15 is 0 Å². The first-order chi connectivity index (χ1) is 14.8. The summed E-state index contributed by atoms with van der Waals surface area (Å²) in [7, 11) is 1.76. The number of benzene rings is 1. The Bertz CT molecular complexity index is 764. The van der Waals surface area contributed by atoms with Crippen molar-refractivity contribution in [3.05, 3.63) is 59.8 Å². The van der Waals surface area contributed by atoms with Crippen molar-refractivity contribution in [1.29, 1.82) is 0 Å². The molecule has 1 saturated heterocycles. The van der Waals surface area contributed by atoms with Crippen molar-refractivity contribution in [1.82, 2.24) is 15.6 Å². The summed E-state index contributed by atoms with van der Waals surface area (Å²) in [6.45, 7) is 4.13. The highest BCUT2D eigenvalue weighted by atomic mass is 16.5. The Balaban J connectivity index is 1.36. The Morgan fingerprint density at radius 3 is 2.90 bits per heavy atom. The van der Waals surface area contributed by atoms with Gasteiger partial charge in [0.2, 0.25) is 5.88 Å². The van der Waals surface area contributed by atoms with Crippen molar-refractivity contribution in [3.8, 4) is 5.88 Å². The van der Waals surface area contributed by atoms with Crippen LogP contribution in [0.5, 0.6) is 5.88 Å². The Kier molecular flexibility index (Phi) is 9.43. The second kappa shape index (κ2) is 12.8. The average Bonchev–Trinajstić information content (AvgIpc) is 3.31. The van der Waals surface area contributed by atoms with Crippen LogP contribution < -0.4 is 15.4 Å². The number of rotatable bonds is 11. The molecule has 1 atom stereocenters. The Labute approximate surface area is 178 Å². The lowest BCUT2D eigenvalue weighted by Gasteiger charge is -2.14. The van der Waals surface area contributed by atoms with Gasteiger partial charge in [-0.05, 0) is 30.9 Å². The lowest BCUT2D eigenvalue weighted by molar-refractivity contribution is 0.0168. The number of hydrogen-bond acceptors (Lipinski definition) is 5. The maximum atomic E-state index is 5.92. The molecule has 3 rings (SSSR count). The van der Waals surface area contributed by atoms with Gasteiger partial charge in [0.15, 0.2) is 5.96 Å². The molecule has 162 valence electrons. The lowest BCUT2D eigenvalue weighted by Crippen LogP contribution is -2.37. The molecule has 1 unspecified atom stereocenters. The van der Waals surface area contributed by atoms with Gasteiger partial charge in [0.05, 0.1) is 12.7 Å². The van der Waals surface area contributed by atoms with Crippen LogP contribution in [0.1, 0.15) is 30.4 Å². The fraction of sp³-hybridized carbons (Fsp3) is 0.478. The van der Waals surface area contributed by atoms with Crippen LogP contribution in [-0.2, 0) is 22.6 Å². The summed E-state index contributed by atoms with van der Waals surface area (Å²) in [5.74, 6) is 1.37. The number of aromatic nitrogens is 1. The Morgan fingerprint density at radius 2 is 2.10 bits per heavy atom. The number of nitrogens with zero attached hydrogens (tertiary/aromatic N) is 2. The summed E-state index contributed by atoms with van der Waals surface area (Å²) in [4.78, 5) is 8.66. The van der Waals surface area contributed by atoms with Crippen molar-refractivity contribution >= 4 is 5.96 Å². The molecule has 7 nitrogen and oxygen atoms in total. The third kappa shape index (κ3) is 7.65. The van der Waals surface area contributed by atoms with Crippen LogP contribution in [0.25, 0.3) is 0 Å². The van der Waals surface area contributed by atoms with Crippen LogP contribution in [0.4, 0.5) is 0 Å². The highest BCUT2D eigenvalue weighted by Crippen LogP contribution is 2.16. The molecular formula is C23H32N4O3. The Hall–Kier alpha value is -2.64. The molecule has 0 bridgehead atoms. The number of pyridine rings is 1. The molecule has 0 aliphatic carbocycles. The molecule has 0 saturated carbocycles. The molecule has 0 spiro atoms. The second-order valence-electron chi connectivity index (χ2n) is 7.16. The fourth-order valence-electron chi connectivity index (χ4n) is 3.19. The molecule has 2 aromatic rings. The van der Waals surface area contributed by atoms with Crippen LogP contribution in [0.3, 0.4) is 0 Å². The van der Waals surface area contributed by atoms with E-state index in [1.54, 1.807) is 13.2 Å². The summed E-state index contributed by atoms with van der Waals surface area (Å²) >= 11 is 0. The molecule has 7 heteroatoms. The smallest absolute Gasteiger partial charge is 0.218 e. The van der Waals surface area contributed by atoms with E-state index < -0.39 is 0 Å². The molecule has 1 aromatic heterocycles. The van der Waals surface area contributed by atoms with E-state index in [1.165, 1.54) is 0 Å². The van der Waals surface area contributed by atoms with Gasteiger partial charge in [-0.15, -0.1) is 0 Å². The van der Waals surface area contributed by atoms with Gasteiger partial charge in [-0.1, -0.05) is 36.4 Å². The minimum Gasteiger partial charge on any atom is -0.473 e. The van der Waals surface area contributed by atoms with Crippen molar-refractivity contribution in [2.45, 2.75) is 38.5 Å². The maximum Gasteiger partial charge on any atom is 0.218 e. The van der Waals surface area contributed by atoms with Crippen molar-refractivity contribution in [3.63, 3.8) is 0 Å². The van der Waals surface area contributed by atoms with Gasteiger partial charge in [-0.25, -0.2) is 4.98 Å². The minimum atomic E-state index is 0.283. The van der Waals surface area contributed by atoms with Gasteiger partial charge in [0, 0.05) is 45.1 Å². The summed E-state index contributed by atoms with van der Waals surface area (Å²) < 4.78 is 17.2. The molecule has 2 N–H and O–H groups in total. The van der Waals surface area contributed by atoms with E-state index in [-0.39, 0.29) is 6.10 Å². The monoisotopic (exact) mass is 412 g/mol. The Morgan fingerprint density at radius 1 is 1.20 bits per heavy atom. The predicted molar refractivity (Wildman–Crippen MR) is 118 cm³/mol. The summed E-state index contributed by atoms with van der Waals surface area (Å²) in [5, 5.41) is 6.63. The summed E-state index contributed by atoms with van der Waals surface area (Å²) in [5.41, 5.74) is 2.09. The molecule has 0 radical (unpaired) electrons. The minimum absolute atomic E-state index is 0.283. The zero-order valence-electron chi connectivity index (χ0n) is 17.7. The van der Waals surface area contributed by atoms with Gasteiger partial charge in [0.25, 0.3) is 0 Å².